The van der Waals surface area contributed by atoms with Gasteiger partial charge in [-0.25, -0.2) is 9.98 Å². The fourth-order valence-corrected chi connectivity index (χ4v) is 3.96. The van der Waals surface area contributed by atoms with Crippen LogP contribution in [0.25, 0.3) is 28.3 Å². The van der Waals surface area contributed by atoms with Gasteiger partial charge in [-0.15, -0.1) is 0 Å². The quantitative estimate of drug-likeness (QED) is 0.445. The summed E-state index contributed by atoms with van der Waals surface area (Å²) in [5.74, 6) is 1.74. The average Bonchev–Trinajstić information content (AvgIpc) is 3.21. The summed E-state index contributed by atoms with van der Waals surface area (Å²) in [6, 6.07) is 13.8. The van der Waals surface area contributed by atoms with Crippen LogP contribution >= 0.6 is 0 Å². The molecule has 172 valence electrons. The topological polar surface area (TPSA) is 103 Å². The molecule has 0 amide bonds. The molecule has 8 heteroatoms. The molecule has 3 aromatic heterocycles. The monoisotopic (exact) mass is 454 g/mol. The number of aliphatic imine (C=N–C) groups is 1. The highest BCUT2D eigenvalue weighted by Gasteiger charge is 2.24. The van der Waals surface area contributed by atoms with Gasteiger partial charge in [0.1, 0.15) is 11.2 Å². The van der Waals surface area contributed by atoms with Crippen molar-refractivity contribution in [1.29, 1.82) is 0 Å². The molecule has 4 heterocycles. The summed E-state index contributed by atoms with van der Waals surface area (Å²) in [7, 11) is 0. The summed E-state index contributed by atoms with van der Waals surface area (Å²) in [4.78, 5) is 20.5. The Labute approximate surface area is 197 Å². The molecule has 4 aromatic rings. The molecule has 0 spiro atoms. The normalized spacial score (nSPS) is 14.9. The molecule has 8 nitrogen and oxygen atoms in total. The van der Waals surface area contributed by atoms with Gasteiger partial charge in [0.2, 0.25) is 0 Å². The molecule has 2 N–H and O–H groups in total. The molecule has 34 heavy (non-hydrogen) atoms. The highest BCUT2D eigenvalue weighted by molar-refractivity contribution is 5.92. The van der Waals surface area contributed by atoms with Crippen molar-refractivity contribution in [3.63, 3.8) is 0 Å². The number of aromatic nitrogens is 3. The molecule has 1 aromatic carbocycles. The molecule has 0 unspecified atom stereocenters. The number of nitrogens with zero attached hydrogens (tertiary/aromatic N) is 5. The van der Waals surface area contributed by atoms with Gasteiger partial charge in [-0.05, 0) is 43.7 Å². The second-order valence-corrected chi connectivity index (χ2v) is 8.17. The van der Waals surface area contributed by atoms with E-state index in [1.165, 1.54) is 0 Å². The van der Waals surface area contributed by atoms with Crippen LogP contribution < -0.4 is 10.6 Å². The van der Waals surface area contributed by atoms with E-state index in [1.54, 1.807) is 18.5 Å². The number of aryl methyl sites for hydroxylation is 2. The number of hydrogen-bond donors (Lipinski definition) is 1. The zero-order chi connectivity index (χ0) is 23.5. The molecule has 1 aliphatic rings. The second kappa shape index (κ2) is 9.44. The third kappa shape index (κ3) is 4.40. The van der Waals surface area contributed by atoms with E-state index in [0.29, 0.717) is 55.1 Å². The minimum absolute atomic E-state index is 0.346. The van der Waals surface area contributed by atoms with Gasteiger partial charge in [-0.1, -0.05) is 29.8 Å². The van der Waals surface area contributed by atoms with Crippen molar-refractivity contribution in [2.45, 2.75) is 13.8 Å². The predicted octanol–water partition coefficient (Wildman–Crippen LogP) is 4.44. The van der Waals surface area contributed by atoms with Crippen LogP contribution in [0.3, 0.4) is 0 Å². The number of rotatable bonds is 5. The van der Waals surface area contributed by atoms with Gasteiger partial charge in [0, 0.05) is 36.8 Å². The zero-order valence-electron chi connectivity index (χ0n) is 19.2. The predicted molar refractivity (Wildman–Crippen MR) is 134 cm³/mol. The van der Waals surface area contributed by atoms with Crippen molar-refractivity contribution in [1.82, 2.24) is 15.0 Å². The lowest BCUT2D eigenvalue weighted by atomic mass is 10.1. The molecule has 0 saturated carbocycles. The minimum Gasteiger partial charge on any atom is -0.449 e. The van der Waals surface area contributed by atoms with Crippen molar-refractivity contribution in [3.05, 3.63) is 71.4 Å². The SMILES string of the molecule is Cc1cccc(/C(N)=C/C=N/c2nc(N3CCOCC3)c3oc(-c4ccccn4)c(C)c3n2)c1. The Morgan fingerprint density at radius 3 is 2.71 bits per heavy atom. The smallest absolute Gasteiger partial charge is 0.252 e. The summed E-state index contributed by atoms with van der Waals surface area (Å²) in [5, 5.41) is 0. The largest absolute Gasteiger partial charge is 0.449 e. The van der Waals surface area contributed by atoms with E-state index in [1.807, 2.05) is 56.3 Å². The maximum absolute atomic E-state index is 6.28. The van der Waals surface area contributed by atoms with E-state index in [-0.39, 0.29) is 0 Å². The van der Waals surface area contributed by atoms with Crippen LogP contribution in [0, 0.1) is 13.8 Å². The van der Waals surface area contributed by atoms with Gasteiger partial charge in [0.15, 0.2) is 17.2 Å². The molecule has 5 rings (SSSR count). The number of ether oxygens (including phenoxy) is 1. The van der Waals surface area contributed by atoms with E-state index in [0.717, 1.165) is 27.9 Å². The Morgan fingerprint density at radius 1 is 1.09 bits per heavy atom. The summed E-state index contributed by atoms with van der Waals surface area (Å²) in [5.41, 5.74) is 12.0. The van der Waals surface area contributed by atoms with Gasteiger partial charge in [-0.2, -0.15) is 4.98 Å². The van der Waals surface area contributed by atoms with Crippen molar-refractivity contribution in [3.8, 4) is 11.5 Å². The summed E-state index contributed by atoms with van der Waals surface area (Å²) in [6.07, 6.45) is 5.15. The van der Waals surface area contributed by atoms with E-state index < -0.39 is 0 Å². The van der Waals surface area contributed by atoms with Crippen molar-refractivity contribution in [2.75, 3.05) is 31.2 Å². The third-order valence-electron chi connectivity index (χ3n) is 5.74. The number of fused-ring (bicyclic) bond motifs is 1. The van der Waals surface area contributed by atoms with Crippen LogP contribution in [0.4, 0.5) is 11.8 Å². The van der Waals surface area contributed by atoms with Gasteiger partial charge in [0.05, 0.1) is 13.2 Å². The first-order valence-electron chi connectivity index (χ1n) is 11.2. The number of benzene rings is 1. The van der Waals surface area contributed by atoms with Crippen molar-refractivity contribution < 1.29 is 9.15 Å². The third-order valence-corrected chi connectivity index (χ3v) is 5.74. The molecular weight excluding hydrogens is 428 g/mol. The summed E-state index contributed by atoms with van der Waals surface area (Å²) < 4.78 is 11.8. The van der Waals surface area contributed by atoms with E-state index in [9.17, 15) is 0 Å². The zero-order valence-corrected chi connectivity index (χ0v) is 19.2. The van der Waals surface area contributed by atoms with Crippen LogP contribution in [0.5, 0.6) is 0 Å². The fraction of sp³-hybridized carbons (Fsp3) is 0.231. The number of anilines is 1. The lowest BCUT2D eigenvalue weighted by molar-refractivity contribution is 0.122. The Hall–Kier alpha value is -4.04. The first kappa shape index (κ1) is 21.8. The van der Waals surface area contributed by atoms with Crippen LogP contribution in [0.1, 0.15) is 16.7 Å². The number of hydrogen-bond acceptors (Lipinski definition) is 8. The van der Waals surface area contributed by atoms with Crippen LogP contribution in [-0.4, -0.2) is 47.5 Å². The highest BCUT2D eigenvalue weighted by Crippen LogP contribution is 2.36. The first-order chi connectivity index (χ1) is 16.6. The molecule has 0 radical (unpaired) electrons. The van der Waals surface area contributed by atoms with Gasteiger partial charge < -0.3 is 19.8 Å². The molecule has 1 fully saturated rings. The van der Waals surface area contributed by atoms with Gasteiger partial charge >= 0.3 is 0 Å². The van der Waals surface area contributed by atoms with Crippen LogP contribution in [-0.2, 0) is 4.74 Å². The maximum atomic E-state index is 6.28. The molecule has 1 saturated heterocycles. The molecule has 0 atom stereocenters. The fourth-order valence-electron chi connectivity index (χ4n) is 3.96. The number of pyridine rings is 1. The summed E-state index contributed by atoms with van der Waals surface area (Å²) >= 11 is 0. The Morgan fingerprint density at radius 2 is 1.94 bits per heavy atom. The lowest BCUT2D eigenvalue weighted by Gasteiger charge is -2.27. The van der Waals surface area contributed by atoms with Crippen LogP contribution in [0.2, 0.25) is 0 Å². The van der Waals surface area contributed by atoms with Gasteiger partial charge in [-0.3, -0.25) is 4.98 Å². The Kier molecular flexibility index (Phi) is 6.05. The Balaban J connectivity index is 1.56. The van der Waals surface area contributed by atoms with E-state index >= 15 is 0 Å². The first-order valence-corrected chi connectivity index (χ1v) is 11.2. The molecular formula is C26H26N6O2. The molecule has 0 bridgehead atoms. The van der Waals surface area contributed by atoms with E-state index in [2.05, 4.69) is 14.9 Å². The summed E-state index contributed by atoms with van der Waals surface area (Å²) in [6.45, 7) is 6.71. The van der Waals surface area contributed by atoms with Crippen LogP contribution in [0.15, 0.2) is 64.1 Å². The lowest BCUT2D eigenvalue weighted by Crippen LogP contribution is -2.36. The standard InChI is InChI=1S/C26H26N6O2/c1-17-6-5-7-19(16-17)20(27)9-11-29-26-30-22-18(2)23(21-8-3-4-10-28-21)34-24(22)25(31-26)32-12-14-33-15-13-32/h3-11,16H,12-15,27H2,1-2H3/b20-9-,29-11+. The van der Waals surface area contributed by atoms with Crippen molar-refractivity contribution >= 4 is 34.8 Å². The van der Waals surface area contributed by atoms with Crippen molar-refractivity contribution in [2.24, 2.45) is 10.7 Å². The minimum atomic E-state index is 0.346. The Bertz CT molecular complexity index is 1370. The second-order valence-electron chi connectivity index (χ2n) is 8.17. The molecule has 1 aliphatic heterocycles. The number of allylic oxidation sites excluding steroid dienone is 1. The number of nitrogens with two attached hydrogens (primary N) is 1. The van der Waals surface area contributed by atoms with Gasteiger partial charge in [0.25, 0.3) is 5.95 Å². The number of morpholine rings is 1. The van der Waals surface area contributed by atoms with E-state index in [4.69, 9.17) is 24.9 Å². The highest BCUT2D eigenvalue weighted by atomic mass is 16.5. The average molecular weight is 455 g/mol. The number of furan rings is 1. The molecule has 0 aliphatic carbocycles. The maximum Gasteiger partial charge on any atom is 0.252 e.